The van der Waals surface area contributed by atoms with Crippen LogP contribution in [0.2, 0.25) is 0 Å². The summed E-state index contributed by atoms with van der Waals surface area (Å²) in [5.74, 6) is -0.908. The quantitative estimate of drug-likeness (QED) is 0.857. The molecule has 2 rings (SSSR count). The van der Waals surface area contributed by atoms with Crippen LogP contribution >= 0.6 is 11.3 Å². The number of piperazine rings is 1. The molecule has 1 saturated heterocycles. The molecule has 1 fully saturated rings. The Bertz CT molecular complexity index is 483. The van der Waals surface area contributed by atoms with Crippen molar-refractivity contribution in [1.29, 1.82) is 0 Å². The van der Waals surface area contributed by atoms with E-state index in [-0.39, 0.29) is 19.0 Å². The van der Waals surface area contributed by atoms with E-state index in [1.807, 2.05) is 12.3 Å². The van der Waals surface area contributed by atoms with Crippen LogP contribution in [-0.4, -0.2) is 59.7 Å². The number of carbonyl (C=O) groups excluding carboxylic acids is 1. The zero-order valence-corrected chi connectivity index (χ0v) is 12.2. The van der Waals surface area contributed by atoms with E-state index < -0.39 is 5.97 Å². The summed E-state index contributed by atoms with van der Waals surface area (Å²) < 4.78 is 0. The highest BCUT2D eigenvalue weighted by molar-refractivity contribution is 7.13. The molecule has 7 nitrogen and oxygen atoms in total. The number of anilines is 1. The summed E-state index contributed by atoms with van der Waals surface area (Å²) >= 11 is 1.61. The van der Waals surface area contributed by atoms with Crippen LogP contribution in [0.3, 0.4) is 0 Å². The Morgan fingerprint density at radius 3 is 2.65 bits per heavy atom. The number of hydrogen-bond donors (Lipinski definition) is 2. The largest absolute Gasteiger partial charge is 0.481 e. The van der Waals surface area contributed by atoms with Gasteiger partial charge in [-0.3, -0.25) is 4.79 Å². The van der Waals surface area contributed by atoms with Crippen LogP contribution in [-0.2, 0) is 4.79 Å². The van der Waals surface area contributed by atoms with E-state index in [1.165, 1.54) is 0 Å². The Labute approximate surface area is 121 Å². The summed E-state index contributed by atoms with van der Waals surface area (Å²) in [5.41, 5.74) is 1.01. The second-order valence-corrected chi connectivity index (χ2v) is 5.46. The number of rotatable bonds is 4. The number of carboxylic acids is 1. The minimum atomic E-state index is -0.908. The fraction of sp³-hybridized carbons (Fsp3) is 0.583. The Morgan fingerprint density at radius 1 is 1.40 bits per heavy atom. The van der Waals surface area contributed by atoms with Crippen LogP contribution in [0.1, 0.15) is 12.1 Å². The molecule has 2 N–H and O–H groups in total. The average Bonchev–Trinajstić information content (AvgIpc) is 2.85. The molecule has 1 aliphatic heterocycles. The molecule has 2 amide bonds. The molecule has 0 aliphatic carbocycles. The number of amides is 2. The molecule has 0 saturated carbocycles. The lowest BCUT2D eigenvalue weighted by molar-refractivity contribution is -0.136. The van der Waals surface area contributed by atoms with Gasteiger partial charge in [0.25, 0.3) is 0 Å². The molecule has 1 aliphatic rings. The number of urea groups is 1. The van der Waals surface area contributed by atoms with Gasteiger partial charge in [0.1, 0.15) is 0 Å². The van der Waals surface area contributed by atoms with Crippen molar-refractivity contribution in [2.45, 2.75) is 13.3 Å². The predicted octanol–water partition coefficient (Wildman–Crippen LogP) is 0.758. The van der Waals surface area contributed by atoms with Gasteiger partial charge in [0.15, 0.2) is 5.13 Å². The number of nitrogens with one attached hydrogen (secondary N) is 1. The van der Waals surface area contributed by atoms with Gasteiger partial charge in [-0.2, -0.15) is 0 Å². The predicted molar refractivity (Wildman–Crippen MR) is 76.3 cm³/mol. The molecule has 0 radical (unpaired) electrons. The number of aromatic nitrogens is 1. The number of aliphatic carboxylic acids is 1. The first-order valence-electron chi connectivity index (χ1n) is 6.48. The summed E-state index contributed by atoms with van der Waals surface area (Å²) in [5, 5.41) is 14.1. The molecule has 0 unspecified atom stereocenters. The molecule has 110 valence electrons. The topological polar surface area (TPSA) is 85.8 Å². The lowest BCUT2D eigenvalue weighted by Gasteiger charge is -2.34. The fourth-order valence-electron chi connectivity index (χ4n) is 1.98. The highest BCUT2D eigenvalue weighted by Gasteiger charge is 2.22. The van der Waals surface area contributed by atoms with Crippen LogP contribution in [0.25, 0.3) is 0 Å². The maximum atomic E-state index is 11.8. The van der Waals surface area contributed by atoms with Gasteiger partial charge in [-0.1, -0.05) is 0 Å². The number of thiazole rings is 1. The number of nitrogens with zero attached hydrogens (tertiary/aromatic N) is 3. The van der Waals surface area contributed by atoms with Gasteiger partial charge in [-0.15, -0.1) is 11.3 Å². The van der Waals surface area contributed by atoms with E-state index in [0.29, 0.717) is 13.1 Å². The zero-order valence-electron chi connectivity index (χ0n) is 11.3. The fourth-order valence-corrected chi connectivity index (χ4v) is 2.83. The molecule has 0 bridgehead atoms. The minimum absolute atomic E-state index is 0.0515. The second-order valence-electron chi connectivity index (χ2n) is 4.62. The first kappa shape index (κ1) is 14.6. The molecule has 8 heteroatoms. The van der Waals surface area contributed by atoms with E-state index in [1.54, 1.807) is 16.2 Å². The maximum Gasteiger partial charge on any atom is 0.317 e. The smallest absolute Gasteiger partial charge is 0.317 e. The first-order valence-corrected chi connectivity index (χ1v) is 7.36. The third-order valence-corrected chi connectivity index (χ3v) is 4.08. The van der Waals surface area contributed by atoms with Crippen LogP contribution < -0.4 is 10.2 Å². The molecule has 20 heavy (non-hydrogen) atoms. The Balaban J connectivity index is 1.76. The van der Waals surface area contributed by atoms with Crippen LogP contribution in [0.15, 0.2) is 5.38 Å². The lowest BCUT2D eigenvalue weighted by atomic mass is 10.3. The number of hydrogen-bond acceptors (Lipinski definition) is 5. The Morgan fingerprint density at radius 2 is 2.10 bits per heavy atom. The summed E-state index contributed by atoms with van der Waals surface area (Å²) in [4.78, 5) is 30.5. The summed E-state index contributed by atoms with van der Waals surface area (Å²) in [6.07, 6.45) is -0.0515. The van der Waals surface area contributed by atoms with Crippen molar-refractivity contribution in [3.05, 3.63) is 11.1 Å². The highest BCUT2D eigenvalue weighted by atomic mass is 32.1. The van der Waals surface area contributed by atoms with Crippen molar-refractivity contribution in [3.8, 4) is 0 Å². The molecular weight excluding hydrogens is 280 g/mol. The third kappa shape index (κ3) is 3.83. The molecule has 1 aromatic rings. The second kappa shape index (κ2) is 6.56. The standard InChI is InChI=1S/C12H18N4O3S/c1-9-8-20-12(14-9)16-6-4-15(5-7-16)11(19)13-3-2-10(17)18/h8H,2-7H2,1H3,(H,13,19)(H,17,18). The van der Waals surface area contributed by atoms with Crippen molar-refractivity contribution in [1.82, 2.24) is 15.2 Å². The van der Waals surface area contributed by atoms with E-state index >= 15 is 0 Å². The van der Waals surface area contributed by atoms with Gasteiger partial charge in [0.05, 0.1) is 12.1 Å². The Hall–Kier alpha value is -1.83. The van der Waals surface area contributed by atoms with Gasteiger partial charge in [-0.25, -0.2) is 9.78 Å². The van der Waals surface area contributed by atoms with E-state index in [9.17, 15) is 9.59 Å². The van der Waals surface area contributed by atoms with E-state index in [2.05, 4.69) is 15.2 Å². The summed E-state index contributed by atoms with van der Waals surface area (Å²) in [6, 6.07) is -0.193. The van der Waals surface area contributed by atoms with Crippen molar-refractivity contribution < 1.29 is 14.7 Å². The van der Waals surface area contributed by atoms with Crippen molar-refractivity contribution in [2.24, 2.45) is 0 Å². The van der Waals surface area contributed by atoms with Crippen molar-refractivity contribution in [3.63, 3.8) is 0 Å². The summed E-state index contributed by atoms with van der Waals surface area (Å²) in [6.45, 7) is 4.87. The average molecular weight is 298 g/mol. The van der Waals surface area contributed by atoms with Crippen LogP contribution in [0.4, 0.5) is 9.93 Å². The molecule has 0 aromatic carbocycles. The molecule has 2 heterocycles. The van der Waals surface area contributed by atoms with Gasteiger partial charge in [0, 0.05) is 38.1 Å². The van der Waals surface area contributed by atoms with Gasteiger partial charge in [-0.05, 0) is 6.92 Å². The molecule has 0 spiro atoms. The Kier molecular flexibility index (Phi) is 4.78. The van der Waals surface area contributed by atoms with Crippen molar-refractivity contribution >= 4 is 28.5 Å². The number of carboxylic acid groups (broad SMARTS) is 1. The van der Waals surface area contributed by atoms with E-state index in [4.69, 9.17) is 5.11 Å². The van der Waals surface area contributed by atoms with Crippen molar-refractivity contribution in [2.75, 3.05) is 37.6 Å². The van der Waals surface area contributed by atoms with E-state index in [0.717, 1.165) is 23.9 Å². The SMILES string of the molecule is Cc1csc(N2CCN(C(=O)NCCC(=O)O)CC2)n1. The van der Waals surface area contributed by atoms with Gasteiger partial charge in [0.2, 0.25) is 0 Å². The van der Waals surface area contributed by atoms with Gasteiger partial charge < -0.3 is 20.2 Å². The zero-order chi connectivity index (χ0) is 14.5. The monoisotopic (exact) mass is 298 g/mol. The maximum absolute atomic E-state index is 11.8. The lowest BCUT2D eigenvalue weighted by Crippen LogP contribution is -2.52. The molecule has 1 aromatic heterocycles. The number of carbonyl (C=O) groups is 2. The molecule has 0 atom stereocenters. The third-order valence-electron chi connectivity index (χ3n) is 3.06. The first-order chi connectivity index (χ1) is 9.56. The number of aryl methyl sites for hydroxylation is 1. The molecular formula is C12H18N4O3S. The van der Waals surface area contributed by atoms with Crippen LogP contribution in [0.5, 0.6) is 0 Å². The normalized spacial score (nSPS) is 15.2. The highest BCUT2D eigenvalue weighted by Crippen LogP contribution is 2.21. The minimum Gasteiger partial charge on any atom is -0.481 e. The van der Waals surface area contributed by atoms with Gasteiger partial charge >= 0.3 is 12.0 Å². The van der Waals surface area contributed by atoms with Crippen LogP contribution in [0, 0.1) is 6.92 Å². The summed E-state index contributed by atoms with van der Waals surface area (Å²) in [7, 11) is 0.